The highest BCUT2D eigenvalue weighted by molar-refractivity contribution is 6.01. The molecular formula is C19H27N3O4. The number of carbonyl (C=O) groups excluding carboxylic acids is 3. The van der Waals surface area contributed by atoms with Gasteiger partial charge in [-0.15, -0.1) is 0 Å². The Bertz CT molecular complexity index is 698. The normalized spacial score (nSPS) is 12.3. The van der Waals surface area contributed by atoms with E-state index in [-0.39, 0.29) is 18.7 Å². The topological polar surface area (TPSA) is 96.9 Å². The predicted octanol–water partition coefficient (Wildman–Crippen LogP) is 2.71. The Morgan fingerprint density at radius 2 is 1.81 bits per heavy atom. The van der Waals surface area contributed by atoms with Crippen molar-refractivity contribution in [2.24, 2.45) is 11.0 Å². The smallest absolute Gasteiger partial charge is 0.314 e. The number of ether oxygens (including phenoxy) is 1. The zero-order chi connectivity index (χ0) is 19.7. The van der Waals surface area contributed by atoms with Gasteiger partial charge in [0.1, 0.15) is 0 Å². The number of carbonyl (C=O) groups is 3. The monoisotopic (exact) mass is 361 g/mol. The van der Waals surface area contributed by atoms with Crippen molar-refractivity contribution in [3.05, 3.63) is 29.3 Å². The summed E-state index contributed by atoms with van der Waals surface area (Å²) < 4.78 is 4.90. The molecule has 0 heterocycles. The highest BCUT2D eigenvalue weighted by Crippen LogP contribution is 2.16. The maximum atomic E-state index is 12.0. The van der Waals surface area contributed by atoms with E-state index < -0.39 is 17.8 Å². The molecule has 1 atom stereocenters. The van der Waals surface area contributed by atoms with Gasteiger partial charge in [-0.25, -0.2) is 5.43 Å². The van der Waals surface area contributed by atoms with Gasteiger partial charge in [0.15, 0.2) is 0 Å². The van der Waals surface area contributed by atoms with E-state index in [0.717, 1.165) is 16.8 Å². The van der Waals surface area contributed by atoms with Crippen molar-refractivity contribution in [1.29, 1.82) is 0 Å². The first-order chi connectivity index (χ1) is 12.2. The number of hydrazone groups is 1. The quantitative estimate of drug-likeness (QED) is 0.423. The van der Waals surface area contributed by atoms with Gasteiger partial charge in [-0.1, -0.05) is 12.1 Å². The Balaban J connectivity index is 2.46. The van der Waals surface area contributed by atoms with Crippen molar-refractivity contribution in [2.75, 3.05) is 11.9 Å². The number of esters is 1. The largest absolute Gasteiger partial charge is 0.465 e. The first kappa shape index (κ1) is 21.3. The van der Waals surface area contributed by atoms with Crippen LogP contribution < -0.4 is 10.7 Å². The minimum absolute atomic E-state index is 0.00125. The van der Waals surface area contributed by atoms with E-state index in [1.807, 2.05) is 32.0 Å². The molecule has 2 amide bonds. The van der Waals surface area contributed by atoms with E-state index in [0.29, 0.717) is 12.3 Å². The standard InChI is InChI=1S/C19H27N3O4/c1-6-26-19(25)14(4)15(5)21-22-18(24)10-9-17(23)20-16-11-12(2)7-8-13(16)3/h7-8,11,14H,6,9-10H2,1-5H3,(H,20,23)(H,22,24)/b21-15-/t14-/m1/s1. The number of nitrogens with one attached hydrogen (secondary N) is 2. The predicted molar refractivity (Wildman–Crippen MR) is 101 cm³/mol. The van der Waals surface area contributed by atoms with E-state index in [1.165, 1.54) is 0 Å². The molecule has 1 aromatic carbocycles. The van der Waals surface area contributed by atoms with Gasteiger partial charge in [0, 0.05) is 24.2 Å². The van der Waals surface area contributed by atoms with Crippen LogP contribution in [0.15, 0.2) is 23.3 Å². The minimum atomic E-state index is -0.539. The van der Waals surface area contributed by atoms with Crippen molar-refractivity contribution >= 4 is 29.2 Å². The molecule has 0 aliphatic rings. The zero-order valence-electron chi connectivity index (χ0n) is 16.0. The summed E-state index contributed by atoms with van der Waals surface area (Å²) in [5, 5.41) is 6.70. The van der Waals surface area contributed by atoms with E-state index in [9.17, 15) is 14.4 Å². The summed E-state index contributed by atoms with van der Waals surface area (Å²) in [7, 11) is 0. The summed E-state index contributed by atoms with van der Waals surface area (Å²) >= 11 is 0. The second kappa shape index (κ2) is 10.3. The van der Waals surface area contributed by atoms with Gasteiger partial charge in [-0.3, -0.25) is 14.4 Å². The lowest BCUT2D eigenvalue weighted by atomic mass is 10.1. The maximum absolute atomic E-state index is 12.0. The maximum Gasteiger partial charge on any atom is 0.314 e. The number of aryl methyl sites for hydroxylation is 2. The number of nitrogens with zero attached hydrogens (tertiary/aromatic N) is 1. The molecule has 0 unspecified atom stereocenters. The van der Waals surface area contributed by atoms with Crippen molar-refractivity contribution in [3.8, 4) is 0 Å². The van der Waals surface area contributed by atoms with Gasteiger partial charge in [0.2, 0.25) is 11.8 Å². The summed E-state index contributed by atoms with van der Waals surface area (Å²) in [4.78, 5) is 35.4. The fourth-order valence-corrected chi connectivity index (χ4v) is 2.05. The van der Waals surface area contributed by atoms with Crippen molar-refractivity contribution < 1.29 is 19.1 Å². The molecule has 26 heavy (non-hydrogen) atoms. The molecule has 0 aliphatic heterocycles. The number of benzene rings is 1. The SMILES string of the molecule is CCOC(=O)[C@H](C)/C(C)=N\NC(=O)CCC(=O)Nc1cc(C)ccc1C. The fourth-order valence-electron chi connectivity index (χ4n) is 2.05. The van der Waals surface area contributed by atoms with E-state index >= 15 is 0 Å². The molecular weight excluding hydrogens is 334 g/mol. The van der Waals surface area contributed by atoms with Crippen LogP contribution in [-0.2, 0) is 19.1 Å². The van der Waals surface area contributed by atoms with Crippen LogP contribution in [0.5, 0.6) is 0 Å². The number of hydrogen-bond acceptors (Lipinski definition) is 5. The van der Waals surface area contributed by atoms with Crippen LogP contribution in [0.2, 0.25) is 0 Å². The molecule has 0 aliphatic carbocycles. The highest BCUT2D eigenvalue weighted by atomic mass is 16.5. The second-order valence-corrected chi connectivity index (χ2v) is 6.13. The molecule has 1 aromatic rings. The van der Waals surface area contributed by atoms with Gasteiger partial charge < -0.3 is 10.1 Å². The summed E-state index contributed by atoms with van der Waals surface area (Å²) in [6, 6.07) is 5.79. The van der Waals surface area contributed by atoms with Gasteiger partial charge in [0.25, 0.3) is 0 Å². The molecule has 0 bridgehead atoms. The van der Waals surface area contributed by atoms with Gasteiger partial charge >= 0.3 is 5.97 Å². The Kier molecular flexibility index (Phi) is 8.48. The molecule has 2 N–H and O–H groups in total. The molecule has 1 rings (SSSR count). The summed E-state index contributed by atoms with van der Waals surface area (Å²) in [6.45, 7) is 9.15. The molecule has 7 nitrogen and oxygen atoms in total. The molecule has 7 heteroatoms. The van der Waals surface area contributed by atoms with Gasteiger partial charge in [0.05, 0.1) is 12.5 Å². The number of amides is 2. The number of rotatable bonds is 8. The van der Waals surface area contributed by atoms with Crippen molar-refractivity contribution in [2.45, 2.75) is 47.5 Å². The summed E-state index contributed by atoms with van der Waals surface area (Å²) in [6.07, 6.45) is 0.0441. The molecule has 0 aromatic heterocycles. The Morgan fingerprint density at radius 1 is 1.15 bits per heavy atom. The Morgan fingerprint density at radius 3 is 2.46 bits per heavy atom. The van der Waals surface area contributed by atoms with Crippen LogP contribution in [0.25, 0.3) is 0 Å². The molecule has 0 spiro atoms. The summed E-state index contributed by atoms with van der Waals surface area (Å²) in [5.74, 6) is -1.57. The minimum Gasteiger partial charge on any atom is -0.465 e. The van der Waals surface area contributed by atoms with Crippen LogP contribution in [-0.4, -0.2) is 30.1 Å². The third kappa shape index (κ3) is 7.04. The number of anilines is 1. The Hall–Kier alpha value is -2.70. The average Bonchev–Trinajstić information content (AvgIpc) is 2.60. The highest BCUT2D eigenvalue weighted by Gasteiger charge is 2.17. The van der Waals surface area contributed by atoms with Crippen LogP contribution in [0.3, 0.4) is 0 Å². The molecule has 0 saturated carbocycles. The summed E-state index contributed by atoms with van der Waals surface area (Å²) in [5.41, 5.74) is 5.55. The van der Waals surface area contributed by atoms with Crippen LogP contribution in [0.1, 0.15) is 44.7 Å². The molecule has 142 valence electrons. The first-order valence-corrected chi connectivity index (χ1v) is 8.61. The second-order valence-electron chi connectivity index (χ2n) is 6.13. The van der Waals surface area contributed by atoms with Crippen molar-refractivity contribution in [1.82, 2.24) is 5.43 Å². The zero-order valence-corrected chi connectivity index (χ0v) is 16.0. The van der Waals surface area contributed by atoms with Crippen LogP contribution in [0.4, 0.5) is 5.69 Å². The van der Waals surface area contributed by atoms with Crippen LogP contribution in [0, 0.1) is 19.8 Å². The van der Waals surface area contributed by atoms with Crippen LogP contribution >= 0.6 is 0 Å². The first-order valence-electron chi connectivity index (χ1n) is 8.61. The third-order valence-electron chi connectivity index (χ3n) is 3.87. The van der Waals surface area contributed by atoms with Crippen molar-refractivity contribution in [3.63, 3.8) is 0 Å². The lowest BCUT2D eigenvalue weighted by Crippen LogP contribution is -2.26. The van der Waals surface area contributed by atoms with E-state index in [4.69, 9.17) is 4.74 Å². The third-order valence-corrected chi connectivity index (χ3v) is 3.87. The molecule has 0 fully saturated rings. The van der Waals surface area contributed by atoms with Gasteiger partial charge in [-0.2, -0.15) is 5.10 Å². The van der Waals surface area contributed by atoms with E-state index in [2.05, 4.69) is 15.8 Å². The van der Waals surface area contributed by atoms with E-state index in [1.54, 1.807) is 20.8 Å². The Labute approximate surface area is 154 Å². The number of hydrogen-bond donors (Lipinski definition) is 2. The van der Waals surface area contributed by atoms with Gasteiger partial charge in [-0.05, 0) is 51.8 Å². The lowest BCUT2D eigenvalue weighted by molar-refractivity contribution is -0.145. The average molecular weight is 361 g/mol. The molecule has 0 saturated heterocycles. The molecule has 0 radical (unpaired) electrons. The fraction of sp³-hybridized carbons (Fsp3) is 0.474. The lowest BCUT2D eigenvalue weighted by Gasteiger charge is -2.10.